The maximum absolute atomic E-state index is 13.4. The van der Waals surface area contributed by atoms with E-state index in [4.69, 9.17) is 18.9 Å². The van der Waals surface area contributed by atoms with Crippen LogP contribution in [-0.2, 0) is 25.4 Å². The SMILES string of the molecule is CN(CCN(C)C(=O)OC(C)(C)C)C(=O)Oc1ccc(C[C@H](NC(=O)OCC2c3ccccc3-c3ccccc32)C(=O)OCC(=O)c2ccccc2)cc1. The van der Waals surface area contributed by atoms with Crippen molar-refractivity contribution in [2.75, 3.05) is 40.4 Å². The lowest BCUT2D eigenvalue weighted by Gasteiger charge is -2.26. The Labute approximate surface area is 314 Å². The number of ketones is 1. The van der Waals surface area contributed by atoms with Crippen LogP contribution in [0, 0.1) is 0 Å². The minimum Gasteiger partial charge on any atom is -0.456 e. The summed E-state index contributed by atoms with van der Waals surface area (Å²) in [5.41, 5.74) is 4.61. The smallest absolute Gasteiger partial charge is 0.415 e. The first-order valence-corrected chi connectivity index (χ1v) is 17.6. The van der Waals surface area contributed by atoms with Crippen LogP contribution in [0.1, 0.15) is 53.7 Å². The van der Waals surface area contributed by atoms with Gasteiger partial charge in [0.1, 0.15) is 24.0 Å². The largest absolute Gasteiger partial charge is 0.456 e. The number of nitrogens with one attached hydrogen (secondary N) is 1. The highest BCUT2D eigenvalue weighted by Gasteiger charge is 2.30. The second-order valence-electron chi connectivity index (χ2n) is 14.0. The minimum atomic E-state index is -1.20. The predicted octanol–water partition coefficient (Wildman–Crippen LogP) is 6.86. The molecular formula is C42H45N3O9. The molecule has 5 rings (SSSR count). The van der Waals surface area contributed by atoms with Crippen molar-refractivity contribution < 1.29 is 42.9 Å². The zero-order chi connectivity index (χ0) is 38.8. The Balaban J connectivity index is 1.20. The van der Waals surface area contributed by atoms with Crippen LogP contribution in [0.3, 0.4) is 0 Å². The number of Topliss-reactive ketones (excluding diaryl/α,β-unsaturated/α-hetero) is 1. The summed E-state index contributed by atoms with van der Waals surface area (Å²) in [6.07, 6.45) is -1.97. The number of ether oxygens (including phenoxy) is 4. The lowest BCUT2D eigenvalue weighted by molar-refractivity contribution is -0.144. The van der Waals surface area contributed by atoms with Crippen LogP contribution in [0.5, 0.6) is 5.75 Å². The summed E-state index contributed by atoms with van der Waals surface area (Å²) in [4.78, 5) is 66.9. The molecule has 282 valence electrons. The number of hydrogen-bond acceptors (Lipinski definition) is 9. The van der Waals surface area contributed by atoms with E-state index in [1.54, 1.807) is 89.5 Å². The summed E-state index contributed by atoms with van der Waals surface area (Å²) < 4.78 is 21.9. The van der Waals surface area contributed by atoms with Gasteiger partial charge in [0.2, 0.25) is 0 Å². The molecule has 0 spiro atoms. The Morgan fingerprint density at radius 2 is 1.26 bits per heavy atom. The zero-order valence-electron chi connectivity index (χ0n) is 31.1. The Kier molecular flexibility index (Phi) is 12.7. The summed E-state index contributed by atoms with van der Waals surface area (Å²) in [5.74, 6) is -1.15. The predicted molar refractivity (Wildman–Crippen MR) is 201 cm³/mol. The number of nitrogens with zero attached hydrogens (tertiary/aromatic N) is 2. The molecule has 4 aromatic rings. The molecule has 3 amide bonds. The molecule has 12 nitrogen and oxygen atoms in total. The third-order valence-corrected chi connectivity index (χ3v) is 8.72. The Hall–Kier alpha value is -6.17. The lowest BCUT2D eigenvalue weighted by Crippen LogP contribution is -2.44. The van der Waals surface area contributed by atoms with Gasteiger partial charge in [0.15, 0.2) is 12.4 Å². The Morgan fingerprint density at radius 3 is 1.85 bits per heavy atom. The fourth-order valence-electron chi connectivity index (χ4n) is 5.85. The van der Waals surface area contributed by atoms with E-state index < -0.39 is 48.3 Å². The molecule has 0 saturated heterocycles. The fraction of sp³-hybridized carbons (Fsp3) is 0.310. The minimum absolute atomic E-state index is 0.00626. The first-order valence-electron chi connectivity index (χ1n) is 17.6. The summed E-state index contributed by atoms with van der Waals surface area (Å²) in [7, 11) is 3.13. The van der Waals surface area contributed by atoms with Crippen LogP contribution >= 0.6 is 0 Å². The van der Waals surface area contributed by atoms with E-state index in [1.807, 2.05) is 48.5 Å². The van der Waals surface area contributed by atoms with Gasteiger partial charge in [-0.05, 0) is 60.7 Å². The molecule has 1 aliphatic carbocycles. The number of likely N-dealkylation sites (N-methyl/N-ethyl adjacent to an activating group) is 2. The molecule has 1 atom stereocenters. The molecule has 0 aromatic heterocycles. The van der Waals surface area contributed by atoms with Crippen molar-refractivity contribution in [3.05, 3.63) is 125 Å². The molecule has 0 heterocycles. The first kappa shape index (κ1) is 39.0. The number of carbonyl (C=O) groups excluding carboxylic acids is 5. The number of esters is 1. The summed E-state index contributed by atoms with van der Waals surface area (Å²) in [5, 5.41) is 2.63. The molecule has 0 unspecified atom stereocenters. The number of hydrogen-bond donors (Lipinski definition) is 1. The quantitative estimate of drug-likeness (QED) is 0.0886. The number of carbonyl (C=O) groups is 5. The van der Waals surface area contributed by atoms with Crippen LogP contribution in [0.15, 0.2) is 103 Å². The third-order valence-electron chi connectivity index (χ3n) is 8.72. The molecular weight excluding hydrogens is 690 g/mol. The van der Waals surface area contributed by atoms with E-state index in [9.17, 15) is 24.0 Å². The molecule has 4 aromatic carbocycles. The van der Waals surface area contributed by atoms with Crippen molar-refractivity contribution in [3.8, 4) is 16.9 Å². The van der Waals surface area contributed by atoms with E-state index >= 15 is 0 Å². The van der Waals surface area contributed by atoms with E-state index in [0.29, 0.717) is 11.1 Å². The molecule has 0 bridgehead atoms. The maximum Gasteiger partial charge on any atom is 0.415 e. The van der Waals surface area contributed by atoms with Gasteiger partial charge >= 0.3 is 24.2 Å². The van der Waals surface area contributed by atoms with Gasteiger partial charge in [-0.25, -0.2) is 19.2 Å². The number of benzene rings is 4. The second kappa shape index (κ2) is 17.6. The number of amides is 3. The highest BCUT2D eigenvalue weighted by Crippen LogP contribution is 2.44. The van der Waals surface area contributed by atoms with E-state index in [1.165, 1.54) is 9.80 Å². The van der Waals surface area contributed by atoms with Crippen LogP contribution < -0.4 is 10.1 Å². The molecule has 1 aliphatic rings. The highest BCUT2D eigenvalue weighted by molar-refractivity contribution is 5.98. The van der Waals surface area contributed by atoms with Crippen molar-refractivity contribution in [2.45, 2.75) is 44.8 Å². The maximum atomic E-state index is 13.4. The summed E-state index contributed by atoms with van der Waals surface area (Å²) >= 11 is 0. The van der Waals surface area contributed by atoms with Gasteiger partial charge in [0.05, 0.1) is 0 Å². The second-order valence-corrected chi connectivity index (χ2v) is 14.0. The van der Waals surface area contributed by atoms with Gasteiger partial charge in [-0.2, -0.15) is 0 Å². The number of fused-ring (bicyclic) bond motifs is 3. The average molecular weight is 736 g/mol. The molecule has 54 heavy (non-hydrogen) atoms. The highest BCUT2D eigenvalue weighted by atomic mass is 16.6. The molecule has 0 fully saturated rings. The lowest BCUT2D eigenvalue weighted by atomic mass is 9.98. The van der Waals surface area contributed by atoms with Gasteiger partial charge in [-0.1, -0.05) is 91.0 Å². The molecule has 0 saturated carbocycles. The van der Waals surface area contributed by atoms with Crippen molar-refractivity contribution in [3.63, 3.8) is 0 Å². The van der Waals surface area contributed by atoms with Gasteiger partial charge in [0.25, 0.3) is 0 Å². The molecule has 0 radical (unpaired) electrons. The van der Waals surface area contributed by atoms with Crippen molar-refractivity contribution in [1.29, 1.82) is 0 Å². The summed E-state index contributed by atoms with van der Waals surface area (Å²) in [6.45, 7) is 5.28. The topological polar surface area (TPSA) is 141 Å². The van der Waals surface area contributed by atoms with Crippen molar-refractivity contribution >= 4 is 30.0 Å². The van der Waals surface area contributed by atoms with Crippen molar-refractivity contribution in [2.24, 2.45) is 0 Å². The van der Waals surface area contributed by atoms with E-state index in [0.717, 1.165) is 22.3 Å². The number of alkyl carbamates (subject to hydrolysis) is 1. The zero-order valence-corrected chi connectivity index (χ0v) is 31.1. The van der Waals surface area contributed by atoms with E-state index in [-0.39, 0.29) is 37.8 Å². The number of rotatable bonds is 13. The fourth-order valence-corrected chi connectivity index (χ4v) is 5.85. The normalized spacial score (nSPS) is 12.4. The van der Waals surface area contributed by atoms with Crippen LogP contribution in [-0.4, -0.2) is 91.9 Å². The van der Waals surface area contributed by atoms with Crippen LogP contribution in [0.2, 0.25) is 0 Å². The molecule has 1 N–H and O–H groups in total. The molecule has 0 aliphatic heterocycles. The average Bonchev–Trinajstić information content (AvgIpc) is 3.48. The third kappa shape index (κ3) is 10.5. The first-order chi connectivity index (χ1) is 25.8. The van der Waals surface area contributed by atoms with Crippen LogP contribution in [0.25, 0.3) is 11.1 Å². The van der Waals surface area contributed by atoms with Gasteiger partial charge in [0, 0.05) is 45.1 Å². The van der Waals surface area contributed by atoms with Crippen molar-refractivity contribution in [1.82, 2.24) is 15.1 Å². The van der Waals surface area contributed by atoms with E-state index in [2.05, 4.69) is 5.32 Å². The van der Waals surface area contributed by atoms with Crippen LogP contribution in [0.4, 0.5) is 14.4 Å². The monoisotopic (exact) mass is 735 g/mol. The van der Waals surface area contributed by atoms with Gasteiger partial charge in [-0.3, -0.25) is 4.79 Å². The van der Waals surface area contributed by atoms with Gasteiger partial charge in [-0.15, -0.1) is 0 Å². The van der Waals surface area contributed by atoms with Gasteiger partial charge < -0.3 is 34.1 Å². The summed E-state index contributed by atoms with van der Waals surface area (Å²) in [6, 6.07) is 29.6. The Morgan fingerprint density at radius 1 is 0.704 bits per heavy atom. The molecule has 12 heteroatoms. The Bertz CT molecular complexity index is 1910. The standard InChI is InChI=1S/C42H45N3O9/c1-42(2,3)54-41(50)45(5)24-23-44(4)40(49)53-30-21-19-28(20-22-30)25-36(38(47)51-27-37(46)29-13-7-6-8-14-29)43-39(48)52-26-35-33-17-11-9-15-31(33)32-16-10-12-18-34(32)35/h6-22,35-36H,23-27H2,1-5H3,(H,43,48)/t36-/m0/s1.